The maximum Gasteiger partial charge on any atom is 0.305 e. The topological polar surface area (TPSA) is 59.0 Å². The molecule has 1 aromatic rings. The largest absolute Gasteiger partial charge is 0.490 e. The van der Waals surface area contributed by atoms with Crippen LogP contribution < -0.4 is 14.4 Å². The zero-order valence-electron chi connectivity index (χ0n) is 11.3. The van der Waals surface area contributed by atoms with E-state index in [-0.39, 0.29) is 12.5 Å². The van der Waals surface area contributed by atoms with Gasteiger partial charge in [0, 0.05) is 31.3 Å². The average molecular weight is 265 g/mol. The number of aliphatic carboxylic acids is 1. The highest BCUT2D eigenvalue weighted by Gasteiger charge is 2.17. The smallest absolute Gasteiger partial charge is 0.305 e. The van der Waals surface area contributed by atoms with Crippen LogP contribution in [-0.2, 0) is 4.79 Å². The Hall–Kier alpha value is -1.91. The number of rotatable bonds is 4. The van der Waals surface area contributed by atoms with Gasteiger partial charge in [-0.05, 0) is 19.1 Å². The molecule has 0 fully saturated rings. The van der Waals surface area contributed by atoms with Crippen LogP contribution in [0.15, 0.2) is 18.2 Å². The van der Waals surface area contributed by atoms with Gasteiger partial charge in [-0.25, -0.2) is 0 Å². The molecule has 0 saturated carbocycles. The van der Waals surface area contributed by atoms with Crippen molar-refractivity contribution >= 4 is 11.7 Å². The van der Waals surface area contributed by atoms with Gasteiger partial charge in [0.2, 0.25) is 0 Å². The standard InChI is InChI=1S/C14H19NO4/c1-10(8-14(16)17)15(2)11-4-5-12-13(9-11)19-7-3-6-18-12/h4-5,9-10H,3,6-8H2,1-2H3,(H,16,17). The number of ether oxygens (including phenoxy) is 2. The van der Waals surface area contributed by atoms with E-state index in [1.54, 1.807) is 0 Å². The molecule has 1 aliphatic heterocycles. The second kappa shape index (κ2) is 5.82. The van der Waals surface area contributed by atoms with Crippen LogP contribution in [-0.4, -0.2) is 37.4 Å². The van der Waals surface area contributed by atoms with Gasteiger partial charge in [-0.15, -0.1) is 0 Å². The van der Waals surface area contributed by atoms with Gasteiger partial charge in [-0.3, -0.25) is 4.79 Å². The van der Waals surface area contributed by atoms with Gasteiger partial charge in [0.25, 0.3) is 0 Å². The average Bonchev–Trinajstić information content (AvgIpc) is 2.61. The summed E-state index contributed by atoms with van der Waals surface area (Å²) in [5.41, 5.74) is 0.929. The molecule has 0 radical (unpaired) electrons. The maximum atomic E-state index is 10.8. The van der Waals surface area contributed by atoms with Crippen LogP contribution in [0.2, 0.25) is 0 Å². The molecule has 0 aliphatic carbocycles. The fraction of sp³-hybridized carbons (Fsp3) is 0.500. The molecule has 1 atom stereocenters. The maximum absolute atomic E-state index is 10.8. The van der Waals surface area contributed by atoms with Crippen LogP contribution in [0.5, 0.6) is 11.5 Å². The number of carboxylic acids is 1. The number of anilines is 1. The van der Waals surface area contributed by atoms with Crippen molar-refractivity contribution < 1.29 is 19.4 Å². The Bertz CT molecular complexity index is 461. The van der Waals surface area contributed by atoms with Crippen LogP contribution in [0, 0.1) is 0 Å². The summed E-state index contributed by atoms with van der Waals surface area (Å²) in [6.45, 7) is 3.19. The minimum absolute atomic E-state index is 0.0813. The minimum atomic E-state index is -0.798. The second-order valence-electron chi connectivity index (χ2n) is 4.74. The molecule has 5 nitrogen and oxygen atoms in total. The summed E-state index contributed by atoms with van der Waals surface area (Å²) >= 11 is 0. The SMILES string of the molecule is CC(CC(=O)O)N(C)c1ccc2c(c1)OCCCO2. The Morgan fingerprint density at radius 1 is 1.37 bits per heavy atom. The lowest BCUT2D eigenvalue weighted by Crippen LogP contribution is -2.30. The molecule has 1 N–H and O–H groups in total. The van der Waals surface area contributed by atoms with Gasteiger partial charge in [0.1, 0.15) is 0 Å². The predicted octanol–water partition coefficient (Wildman–Crippen LogP) is 2.15. The van der Waals surface area contributed by atoms with Crippen molar-refractivity contribution in [3.8, 4) is 11.5 Å². The van der Waals surface area contributed by atoms with E-state index in [9.17, 15) is 4.79 Å². The van der Waals surface area contributed by atoms with Gasteiger partial charge in [0.15, 0.2) is 11.5 Å². The Balaban J connectivity index is 2.16. The summed E-state index contributed by atoms with van der Waals surface area (Å²) < 4.78 is 11.2. The highest BCUT2D eigenvalue weighted by Crippen LogP contribution is 2.33. The quantitative estimate of drug-likeness (QED) is 0.904. The summed E-state index contributed by atoms with van der Waals surface area (Å²) in [6.07, 6.45) is 0.972. The molecular weight excluding hydrogens is 246 g/mol. The van der Waals surface area contributed by atoms with Crippen LogP contribution in [0.25, 0.3) is 0 Å². The number of benzene rings is 1. The molecule has 0 bridgehead atoms. The Kier molecular flexibility index (Phi) is 4.14. The Labute approximate surface area is 112 Å². The van der Waals surface area contributed by atoms with E-state index in [4.69, 9.17) is 14.6 Å². The van der Waals surface area contributed by atoms with Crippen LogP contribution in [0.3, 0.4) is 0 Å². The molecule has 0 saturated heterocycles. The summed E-state index contributed by atoms with van der Waals surface area (Å²) in [5, 5.41) is 8.84. The molecule has 104 valence electrons. The summed E-state index contributed by atoms with van der Waals surface area (Å²) in [6, 6.07) is 5.62. The highest BCUT2D eigenvalue weighted by atomic mass is 16.5. The highest BCUT2D eigenvalue weighted by molar-refractivity contribution is 5.68. The van der Waals surface area contributed by atoms with E-state index in [2.05, 4.69) is 0 Å². The molecule has 1 unspecified atom stereocenters. The number of carbonyl (C=O) groups is 1. The van der Waals surface area contributed by atoms with Crippen molar-refractivity contribution in [3.05, 3.63) is 18.2 Å². The van der Waals surface area contributed by atoms with Gasteiger partial charge < -0.3 is 19.5 Å². The molecule has 1 aromatic carbocycles. The number of fused-ring (bicyclic) bond motifs is 1. The molecule has 0 aromatic heterocycles. The number of hydrogen-bond donors (Lipinski definition) is 1. The lowest BCUT2D eigenvalue weighted by Gasteiger charge is -2.26. The molecule has 0 amide bonds. The third-order valence-corrected chi connectivity index (χ3v) is 3.27. The van der Waals surface area contributed by atoms with Gasteiger partial charge in [0.05, 0.1) is 19.6 Å². The summed E-state index contributed by atoms with van der Waals surface area (Å²) in [5.74, 6) is 0.679. The zero-order chi connectivity index (χ0) is 13.8. The molecule has 0 spiro atoms. The first kappa shape index (κ1) is 13.5. The van der Waals surface area contributed by atoms with Crippen molar-refractivity contribution in [2.45, 2.75) is 25.8 Å². The summed E-state index contributed by atoms with van der Waals surface area (Å²) in [7, 11) is 1.88. The fourth-order valence-electron chi connectivity index (χ4n) is 2.02. The van der Waals surface area contributed by atoms with Gasteiger partial charge in [-0.1, -0.05) is 0 Å². The Morgan fingerprint density at radius 3 is 2.74 bits per heavy atom. The van der Waals surface area contributed by atoms with E-state index in [1.807, 2.05) is 37.1 Å². The van der Waals surface area contributed by atoms with E-state index < -0.39 is 5.97 Å². The van der Waals surface area contributed by atoms with E-state index in [0.29, 0.717) is 13.2 Å². The normalized spacial score (nSPS) is 15.5. The van der Waals surface area contributed by atoms with Crippen molar-refractivity contribution in [3.63, 3.8) is 0 Å². The Morgan fingerprint density at radius 2 is 2.05 bits per heavy atom. The first-order valence-electron chi connectivity index (χ1n) is 6.42. The first-order chi connectivity index (χ1) is 9.08. The lowest BCUT2D eigenvalue weighted by atomic mass is 10.2. The van der Waals surface area contributed by atoms with Crippen molar-refractivity contribution in [2.75, 3.05) is 25.2 Å². The van der Waals surface area contributed by atoms with Crippen LogP contribution >= 0.6 is 0 Å². The third-order valence-electron chi connectivity index (χ3n) is 3.27. The van der Waals surface area contributed by atoms with Gasteiger partial charge in [-0.2, -0.15) is 0 Å². The number of carboxylic acid groups (broad SMARTS) is 1. The monoisotopic (exact) mass is 265 g/mol. The molecular formula is C14H19NO4. The van der Waals surface area contributed by atoms with Crippen molar-refractivity contribution in [1.82, 2.24) is 0 Å². The lowest BCUT2D eigenvalue weighted by molar-refractivity contribution is -0.137. The number of nitrogens with zero attached hydrogens (tertiary/aromatic N) is 1. The van der Waals surface area contributed by atoms with Crippen LogP contribution in [0.4, 0.5) is 5.69 Å². The van der Waals surface area contributed by atoms with Crippen molar-refractivity contribution in [1.29, 1.82) is 0 Å². The van der Waals surface area contributed by atoms with E-state index in [0.717, 1.165) is 23.6 Å². The number of hydrogen-bond acceptors (Lipinski definition) is 4. The van der Waals surface area contributed by atoms with Gasteiger partial charge >= 0.3 is 5.97 Å². The third kappa shape index (κ3) is 3.30. The molecule has 1 aliphatic rings. The second-order valence-corrected chi connectivity index (χ2v) is 4.74. The minimum Gasteiger partial charge on any atom is -0.490 e. The first-order valence-corrected chi connectivity index (χ1v) is 6.42. The van der Waals surface area contributed by atoms with Crippen LogP contribution in [0.1, 0.15) is 19.8 Å². The van der Waals surface area contributed by atoms with E-state index >= 15 is 0 Å². The predicted molar refractivity (Wildman–Crippen MR) is 72.2 cm³/mol. The zero-order valence-corrected chi connectivity index (χ0v) is 11.3. The van der Waals surface area contributed by atoms with E-state index in [1.165, 1.54) is 0 Å². The molecule has 5 heteroatoms. The fourth-order valence-corrected chi connectivity index (χ4v) is 2.02. The molecule has 1 heterocycles. The molecule has 2 rings (SSSR count). The van der Waals surface area contributed by atoms with Crippen molar-refractivity contribution in [2.24, 2.45) is 0 Å². The summed E-state index contributed by atoms with van der Waals surface area (Å²) in [4.78, 5) is 12.7. The molecule has 19 heavy (non-hydrogen) atoms.